The SMILES string of the molecule is CC1=C(C(=O)OC(C)C)[C@@H](c2ccccc2I)C([N+](=O)[O-])=C(C)N1. The summed E-state index contributed by atoms with van der Waals surface area (Å²) < 4.78 is 6.19. The van der Waals surface area contributed by atoms with Crippen molar-refractivity contribution in [2.45, 2.75) is 39.7 Å². The van der Waals surface area contributed by atoms with Gasteiger partial charge in [0.15, 0.2) is 0 Å². The highest BCUT2D eigenvalue weighted by Gasteiger charge is 2.41. The minimum atomic E-state index is -0.763. The van der Waals surface area contributed by atoms with Crippen LogP contribution in [0.2, 0.25) is 0 Å². The van der Waals surface area contributed by atoms with Gasteiger partial charge < -0.3 is 10.1 Å². The summed E-state index contributed by atoms with van der Waals surface area (Å²) in [6.07, 6.45) is -0.306. The van der Waals surface area contributed by atoms with Crippen LogP contribution in [0.25, 0.3) is 0 Å². The van der Waals surface area contributed by atoms with E-state index in [4.69, 9.17) is 4.74 Å². The lowest BCUT2D eigenvalue weighted by Crippen LogP contribution is -2.32. The quantitative estimate of drug-likeness (QED) is 0.333. The number of nitro groups is 1. The van der Waals surface area contributed by atoms with Gasteiger partial charge in [-0.2, -0.15) is 0 Å². The third kappa shape index (κ3) is 3.61. The molecule has 0 aliphatic carbocycles. The van der Waals surface area contributed by atoms with E-state index < -0.39 is 16.8 Å². The molecule has 0 spiro atoms. The van der Waals surface area contributed by atoms with Crippen LogP contribution < -0.4 is 5.32 Å². The van der Waals surface area contributed by atoms with Gasteiger partial charge in [0.05, 0.1) is 22.3 Å². The maximum Gasteiger partial charge on any atom is 0.337 e. The second-order valence-corrected chi connectivity index (χ2v) is 7.00. The Labute approximate surface area is 154 Å². The number of ether oxygens (including phenoxy) is 1. The molecule has 2 rings (SSSR count). The summed E-state index contributed by atoms with van der Waals surface area (Å²) in [7, 11) is 0. The number of hydrogen-bond donors (Lipinski definition) is 1. The molecule has 0 bridgehead atoms. The Balaban J connectivity index is 2.67. The topological polar surface area (TPSA) is 81.5 Å². The van der Waals surface area contributed by atoms with E-state index in [-0.39, 0.29) is 17.4 Å². The summed E-state index contributed by atoms with van der Waals surface area (Å²) >= 11 is 2.13. The van der Waals surface area contributed by atoms with Crippen molar-refractivity contribution in [3.8, 4) is 0 Å². The summed E-state index contributed by atoms with van der Waals surface area (Å²) in [5.41, 5.74) is 1.99. The van der Waals surface area contributed by atoms with Crippen LogP contribution in [0.4, 0.5) is 0 Å². The zero-order chi connectivity index (χ0) is 18.0. The molecule has 0 amide bonds. The van der Waals surface area contributed by atoms with Gasteiger partial charge in [0.25, 0.3) is 5.70 Å². The zero-order valence-corrected chi connectivity index (χ0v) is 16.1. The number of carbonyl (C=O) groups excluding carboxylic acids is 1. The van der Waals surface area contributed by atoms with Crippen LogP contribution in [0.1, 0.15) is 39.2 Å². The number of nitrogens with zero attached hydrogens (tertiary/aromatic N) is 1. The first kappa shape index (κ1) is 18.4. The molecule has 0 unspecified atom stereocenters. The highest BCUT2D eigenvalue weighted by Crippen LogP contribution is 2.40. The Morgan fingerprint density at radius 3 is 2.46 bits per heavy atom. The molecule has 128 valence electrons. The molecular weight excluding hydrogens is 423 g/mol. The lowest BCUT2D eigenvalue weighted by molar-refractivity contribution is -0.431. The Bertz CT molecular complexity index is 753. The maximum absolute atomic E-state index is 12.6. The van der Waals surface area contributed by atoms with E-state index in [1.54, 1.807) is 27.7 Å². The summed E-state index contributed by atoms with van der Waals surface area (Å²) in [5, 5.41) is 14.6. The van der Waals surface area contributed by atoms with Gasteiger partial charge in [-0.25, -0.2) is 4.79 Å². The second-order valence-electron chi connectivity index (χ2n) is 5.84. The molecule has 1 aliphatic heterocycles. The molecule has 0 saturated heterocycles. The molecule has 0 radical (unpaired) electrons. The predicted octanol–water partition coefficient (Wildman–Crippen LogP) is 3.71. The van der Waals surface area contributed by atoms with Crippen LogP contribution in [-0.2, 0) is 9.53 Å². The molecule has 1 aliphatic rings. The first-order valence-corrected chi connectivity index (χ1v) is 8.60. The lowest BCUT2D eigenvalue weighted by atomic mass is 9.84. The van der Waals surface area contributed by atoms with Crippen molar-refractivity contribution >= 4 is 28.6 Å². The van der Waals surface area contributed by atoms with Crippen molar-refractivity contribution < 1.29 is 14.5 Å². The summed E-state index contributed by atoms with van der Waals surface area (Å²) in [6, 6.07) is 7.35. The molecule has 0 saturated carbocycles. The molecular formula is C17H19IN2O4. The Morgan fingerprint density at radius 2 is 1.92 bits per heavy atom. The molecule has 1 heterocycles. The molecule has 1 atom stereocenters. The number of esters is 1. The van der Waals surface area contributed by atoms with Gasteiger partial charge in [-0.1, -0.05) is 18.2 Å². The van der Waals surface area contributed by atoms with Gasteiger partial charge in [0, 0.05) is 9.27 Å². The van der Waals surface area contributed by atoms with Crippen LogP contribution >= 0.6 is 22.6 Å². The average molecular weight is 442 g/mol. The fourth-order valence-electron chi connectivity index (χ4n) is 2.79. The first-order valence-electron chi connectivity index (χ1n) is 7.52. The third-order valence-corrected chi connectivity index (χ3v) is 4.68. The van der Waals surface area contributed by atoms with Gasteiger partial charge in [-0.05, 0) is 61.9 Å². The number of rotatable bonds is 4. The van der Waals surface area contributed by atoms with Gasteiger partial charge >= 0.3 is 5.97 Å². The number of carbonyl (C=O) groups is 1. The standard InChI is InChI=1S/C17H19IN2O4/c1-9(2)24-17(21)14-10(3)19-11(4)16(20(22)23)15(14)12-7-5-6-8-13(12)18/h5-9,15,19H,1-4H3/t15-/m1/s1. The van der Waals surface area contributed by atoms with E-state index in [1.165, 1.54) is 0 Å². The van der Waals surface area contributed by atoms with Gasteiger partial charge in [-0.15, -0.1) is 0 Å². The van der Waals surface area contributed by atoms with E-state index in [2.05, 4.69) is 27.9 Å². The fraction of sp³-hybridized carbons (Fsp3) is 0.353. The van der Waals surface area contributed by atoms with E-state index in [9.17, 15) is 14.9 Å². The molecule has 0 fully saturated rings. The second kappa shape index (κ2) is 7.33. The monoisotopic (exact) mass is 442 g/mol. The molecule has 1 aromatic carbocycles. The van der Waals surface area contributed by atoms with E-state index in [0.29, 0.717) is 11.4 Å². The van der Waals surface area contributed by atoms with Crippen LogP contribution in [0.5, 0.6) is 0 Å². The van der Waals surface area contributed by atoms with Gasteiger partial charge in [-0.3, -0.25) is 10.1 Å². The molecule has 6 nitrogen and oxygen atoms in total. The largest absolute Gasteiger partial charge is 0.460 e. The summed E-state index contributed by atoms with van der Waals surface area (Å²) in [4.78, 5) is 23.9. The smallest absolute Gasteiger partial charge is 0.337 e. The van der Waals surface area contributed by atoms with Gasteiger partial charge in [0.1, 0.15) is 5.92 Å². The number of allylic oxidation sites excluding steroid dienone is 3. The fourth-order valence-corrected chi connectivity index (χ4v) is 3.48. The number of hydrogen-bond acceptors (Lipinski definition) is 5. The minimum absolute atomic E-state index is 0.0274. The molecule has 7 heteroatoms. The van der Waals surface area contributed by atoms with Crippen molar-refractivity contribution in [2.24, 2.45) is 0 Å². The summed E-state index contributed by atoms with van der Waals surface area (Å²) in [6.45, 7) is 6.89. The first-order chi connectivity index (χ1) is 11.2. The average Bonchev–Trinajstić information content (AvgIpc) is 2.45. The Morgan fingerprint density at radius 1 is 1.29 bits per heavy atom. The number of benzene rings is 1. The zero-order valence-electron chi connectivity index (χ0n) is 13.9. The maximum atomic E-state index is 12.6. The molecule has 1 aromatic rings. The third-order valence-electron chi connectivity index (χ3n) is 3.70. The molecule has 0 aromatic heterocycles. The number of nitrogens with one attached hydrogen (secondary N) is 1. The minimum Gasteiger partial charge on any atom is -0.460 e. The highest BCUT2D eigenvalue weighted by molar-refractivity contribution is 14.1. The van der Waals surface area contributed by atoms with Gasteiger partial charge in [0.2, 0.25) is 0 Å². The van der Waals surface area contributed by atoms with Crippen molar-refractivity contribution in [3.63, 3.8) is 0 Å². The molecule has 1 N–H and O–H groups in total. The lowest BCUT2D eigenvalue weighted by Gasteiger charge is -2.27. The van der Waals surface area contributed by atoms with Crippen molar-refractivity contribution in [1.29, 1.82) is 0 Å². The highest BCUT2D eigenvalue weighted by atomic mass is 127. The Kier molecular flexibility index (Phi) is 5.63. The van der Waals surface area contributed by atoms with Crippen molar-refractivity contribution in [2.75, 3.05) is 0 Å². The number of dihydropyridines is 1. The normalized spacial score (nSPS) is 17.8. The van der Waals surface area contributed by atoms with Crippen LogP contribution in [0, 0.1) is 13.7 Å². The van der Waals surface area contributed by atoms with Crippen LogP contribution in [0.3, 0.4) is 0 Å². The van der Waals surface area contributed by atoms with E-state index in [1.807, 2.05) is 24.3 Å². The van der Waals surface area contributed by atoms with Crippen molar-refractivity contribution in [3.05, 3.63) is 66.2 Å². The number of halogens is 1. The van der Waals surface area contributed by atoms with Crippen LogP contribution in [0.15, 0.2) is 46.9 Å². The van der Waals surface area contributed by atoms with Crippen LogP contribution in [-0.4, -0.2) is 17.0 Å². The Hall–Kier alpha value is -1.90. The summed E-state index contributed by atoms with van der Waals surface area (Å²) in [5.74, 6) is -1.30. The van der Waals surface area contributed by atoms with Crippen molar-refractivity contribution in [1.82, 2.24) is 5.32 Å². The van der Waals surface area contributed by atoms with E-state index in [0.717, 1.165) is 9.13 Å². The predicted molar refractivity (Wildman–Crippen MR) is 98.7 cm³/mol. The van der Waals surface area contributed by atoms with E-state index >= 15 is 0 Å². The molecule has 24 heavy (non-hydrogen) atoms.